The number of rotatable bonds is 8. The van der Waals surface area contributed by atoms with E-state index in [4.69, 9.17) is 51.8 Å². The number of amides is 1. The first-order chi connectivity index (χ1) is 15.1. The first-order valence-corrected chi connectivity index (χ1v) is 11.9. The number of unbranched alkanes of at least 4 members (excludes halogenated alkanes) is 1. The van der Waals surface area contributed by atoms with Gasteiger partial charge in [-0.3, -0.25) is 4.79 Å². The van der Waals surface area contributed by atoms with Gasteiger partial charge >= 0.3 is 5.97 Å². The van der Waals surface area contributed by atoms with Crippen molar-refractivity contribution in [3.05, 3.63) is 64.1 Å². The van der Waals surface area contributed by atoms with E-state index in [0.29, 0.717) is 23.4 Å². The summed E-state index contributed by atoms with van der Waals surface area (Å²) in [7, 11) is 0. The zero-order chi connectivity index (χ0) is 23.7. The largest absolute Gasteiger partial charge is 0.462 e. The summed E-state index contributed by atoms with van der Waals surface area (Å²) in [6.07, 6.45) is 0.638. The van der Waals surface area contributed by atoms with E-state index in [1.807, 2.05) is 6.92 Å². The number of alkyl halides is 3. The van der Waals surface area contributed by atoms with Crippen LogP contribution in [0, 0.1) is 0 Å². The van der Waals surface area contributed by atoms with Gasteiger partial charge in [0.15, 0.2) is 5.11 Å². The fourth-order valence-corrected chi connectivity index (χ4v) is 3.39. The number of halogens is 4. The van der Waals surface area contributed by atoms with Crippen molar-refractivity contribution in [2.45, 2.75) is 29.7 Å². The molecule has 2 aromatic rings. The molecule has 172 valence electrons. The Morgan fingerprint density at radius 3 is 2.38 bits per heavy atom. The maximum absolute atomic E-state index is 12.5. The van der Waals surface area contributed by atoms with Gasteiger partial charge in [0.25, 0.3) is 5.91 Å². The van der Waals surface area contributed by atoms with Gasteiger partial charge in [-0.2, -0.15) is 0 Å². The molecular weight excluding hydrogens is 561 g/mol. The van der Waals surface area contributed by atoms with Crippen LogP contribution < -0.4 is 16.0 Å². The molecule has 0 spiro atoms. The van der Waals surface area contributed by atoms with Crippen LogP contribution in [-0.4, -0.2) is 33.6 Å². The highest BCUT2D eigenvalue weighted by molar-refractivity contribution is 9.10. The predicted molar refractivity (Wildman–Crippen MR) is 137 cm³/mol. The number of ether oxygens (including phenoxy) is 1. The molecular formula is C21H21BrCl3N3O3S. The number of thiocarbonyl (C=S) groups is 1. The first kappa shape index (κ1) is 26.7. The van der Waals surface area contributed by atoms with Crippen molar-refractivity contribution in [3.63, 3.8) is 0 Å². The second-order valence-electron chi connectivity index (χ2n) is 6.62. The Hall–Kier alpha value is -1.58. The Labute approximate surface area is 215 Å². The van der Waals surface area contributed by atoms with E-state index in [9.17, 15) is 9.59 Å². The zero-order valence-corrected chi connectivity index (χ0v) is 21.6. The number of carbonyl (C=O) groups excluding carboxylic acids is 2. The molecule has 2 rings (SSSR count). The van der Waals surface area contributed by atoms with Gasteiger partial charge in [0.1, 0.15) is 6.17 Å². The van der Waals surface area contributed by atoms with E-state index in [1.54, 1.807) is 48.5 Å². The van der Waals surface area contributed by atoms with Gasteiger partial charge in [-0.15, -0.1) is 0 Å². The van der Waals surface area contributed by atoms with E-state index in [1.165, 1.54) is 0 Å². The van der Waals surface area contributed by atoms with E-state index in [2.05, 4.69) is 31.9 Å². The summed E-state index contributed by atoms with van der Waals surface area (Å²) in [5.74, 6) is -0.846. The lowest BCUT2D eigenvalue weighted by Crippen LogP contribution is -2.56. The summed E-state index contributed by atoms with van der Waals surface area (Å²) in [6, 6.07) is 13.3. The fourth-order valence-electron chi connectivity index (χ4n) is 2.42. The molecule has 1 amide bonds. The molecule has 1 atom stereocenters. The Balaban J connectivity index is 1.98. The molecule has 0 saturated heterocycles. The molecule has 32 heavy (non-hydrogen) atoms. The average Bonchev–Trinajstić information content (AvgIpc) is 2.73. The van der Waals surface area contributed by atoms with E-state index >= 15 is 0 Å². The van der Waals surface area contributed by atoms with Crippen LogP contribution in [0.2, 0.25) is 0 Å². The molecule has 0 saturated carbocycles. The zero-order valence-electron chi connectivity index (χ0n) is 17.0. The summed E-state index contributed by atoms with van der Waals surface area (Å²) in [4.78, 5) is 24.5. The molecule has 0 aliphatic rings. The van der Waals surface area contributed by atoms with E-state index in [-0.39, 0.29) is 5.11 Å². The molecule has 1 unspecified atom stereocenters. The lowest BCUT2D eigenvalue weighted by Gasteiger charge is -2.27. The first-order valence-electron chi connectivity index (χ1n) is 9.58. The molecule has 0 aromatic heterocycles. The molecule has 11 heteroatoms. The Kier molecular flexibility index (Phi) is 10.5. The average molecular weight is 582 g/mol. The molecule has 0 fully saturated rings. The lowest BCUT2D eigenvalue weighted by molar-refractivity contribution is 0.0499. The maximum Gasteiger partial charge on any atom is 0.338 e. The highest BCUT2D eigenvalue weighted by Gasteiger charge is 2.35. The van der Waals surface area contributed by atoms with Crippen molar-refractivity contribution in [3.8, 4) is 0 Å². The molecule has 3 N–H and O–H groups in total. The smallest absolute Gasteiger partial charge is 0.338 e. The van der Waals surface area contributed by atoms with Gasteiger partial charge < -0.3 is 20.7 Å². The molecule has 0 heterocycles. The summed E-state index contributed by atoms with van der Waals surface area (Å²) < 4.78 is 4.02. The van der Waals surface area contributed by atoms with Crippen LogP contribution in [-0.2, 0) is 4.74 Å². The van der Waals surface area contributed by atoms with Crippen molar-refractivity contribution < 1.29 is 14.3 Å². The van der Waals surface area contributed by atoms with Crippen molar-refractivity contribution in [1.29, 1.82) is 0 Å². The maximum atomic E-state index is 12.5. The molecule has 0 radical (unpaired) electrons. The minimum Gasteiger partial charge on any atom is -0.462 e. The lowest BCUT2D eigenvalue weighted by atomic mass is 10.2. The van der Waals surface area contributed by atoms with Crippen molar-refractivity contribution in [1.82, 2.24) is 10.6 Å². The minimum absolute atomic E-state index is 0.106. The number of anilines is 1. The summed E-state index contributed by atoms with van der Waals surface area (Å²) in [6.45, 7) is 2.40. The molecule has 0 aliphatic carbocycles. The van der Waals surface area contributed by atoms with Gasteiger partial charge in [0.2, 0.25) is 3.79 Å². The van der Waals surface area contributed by atoms with Crippen molar-refractivity contribution in [2.75, 3.05) is 11.9 Å². The predicted octanol–water partition coefficient (Wildman–Crippen LogP) is 5.82. The number of esters is 1. The molecule has 0 aliphatic heterocycles. The van der Waals surface area contributed by atoms with Gasteiger partial charge in [-0.25, -0.2) is 4.79 Å². The third-order valence-electron chi connectivity index (χ3n) is 4.07. The number of hydrogen-bond acceptors (Lipinski definition) is 4. The normalized spacial score (nSPS) is 11.9. The standard InChI is InChI=1S/C21H21BrCl3N3O3S/c1-2-3-11-31-18(30)13-7-9-16(10-8-13)26-20(32)28-19(21(23,24)25)27-17(29)14-5-4-6-15(22)12-14/h4-10,12,19H,2-3,11H2,1H3,(H,27,29)(H2,26,28,32). The summed E-state index contributed by atoms with van der Waals surface area (Å²) in [5, 5.41) is 8.42. The van der Waals surface area contributed by atoms with Gasteiger partial charge in [-0.05, 0) is 61.1 Å². The van der Waals surface area contributed by atoms with Gasteiger partial charge in [0.05, 0.1) is 12.2 Å². The third-order valence-corrected chi connectivity index (χ3v) is 5.44. The topological polar surface area (TPSA) is 79.5 Å². The monoisotopic (exact) mass is 579 g/mol. The van der Waals surface area contributed by atoms with Crippen LogP contribution in [0.3, 0.4) is 0 Å². The Morgan fingerprint density at radius 2 is 1.78 bits per heavy atom. The summed E-state index contributed by atoms with van der Waals surface area (Å²) in [5.41, 5.74) is 1.39. The number of carbonyl (C=O) groups is 2. The van der Waals surface area contributed by atoms with Crippen LogP contribution in [0.15, 0.2) is 53.0 Å². The number of hydrogen-bond donors (Lipinski definition) is 3. The van der Waals surface area contributed by atoms with Crippen LogP contribution in [0.1, 0.15) is 40.5 Å². The Morgan fingerprint density at radius 1 is 1.09 bits per heavy atom. The van der Waals surface area contributed by atoms with Gasteiger partial charge in [-0.1, -0.05) is 70.1 Å². The van der Waals surface area contributed by atoms with Crippen molar-refractivity contribution in [2.24, 2.45) is 0 Å². The summed E-state index contributed by atoms with van der Waals surface area (Å²) >= 11 is 26.7. The molecule has 2 aromatic carbocycles. The molecule has 6 nitrogen and oxygen atoms in total. The van der Waals surface area contributed by atoms with Crippen LogP contribution in [0.4, 0.5) is 5.69 Å². The quantitative estimate of drug-likeness (QED) is 0.120. The molecule has 0 bridgehead atoms. The van der Waals surface area contributed by atoms with Crippen LogP contribution in [0.25, 0.3) is 0 Å². The number of benzene rings is 2. The highest BCUT2D eigenvalue weighted by atomic mass is 79.9. The second kappa shape index (κ2) is 12.6. The van der Waals surface area contributed by atoms with Crippen LogP contribution in [0.5, 0.6) is 0 Å². The SMILES string of the molecule is CCCCOC(=O)c1ccc(NC(=S)NC(NC(=O)c2cccc(Br)c2)C(Cl)(Cl)Cl)cc1. The number of nitrogens with one attached hydrogen (secondary N) is 3. The fraction of sp³-hybridized carbons (Fsp3) is 0.286. The van der Waals surface area contributed by atoms with E-state index < -0.39 is 21.8 Å². The van der Waals surface area contributed by atoms with E-state index in [0.717, 1.165) is 17.3 Å². The van der Waals surface area contributed by atoms with Crippen molar-refractivity contribution >= 4 is 85.6 Å². The third kappa shape index (κ3) is 8.75. The second-order valence-corrected chi connectivity index (χ2v) is 10.3. The van der Waals surface area contributed by atoms with Crippen LogP contribution >= 0.6 is 63.0 Å². The Bertz CT molecular complexity index is 955. The highest BCUT2D eigenvalue weighted by Crippen LogP contribution is 2.29. The minimum atomic E-state index is -1.89. The van der Waals surface area contributed by atoms with Gasteiger partial charge in [0, 0.05) is 15.7 Å².